The number of nitrogens with one attached hydrogen (secondary N) is 1. The fourth-order valence-corrected chi connectivity index (χ4v) is 5.54. The molecule has 1 atom stereocenters. The van der Waals surface area contributed by atoms with Crippen LogP contribution in [-0.4, -0.2) is 133 Å². The lowest BCUT2D eigenvalue weighted by atomic mass is 10.2. The lowest BCUT2D eigenvalue weighted by Crippen LogP contribution is -2.50. The number of carbonyl (C=O) groups is 2. The second kappa shape index (κ2) is 15.3. The SMILES string of the molecule is C=Nn1nc(OCCCN2CCN(C(=O)OC(C)(C)C)CC2)cc(-[n+]2nnc3ccc(OC4CCCN(C(=O)OC(C)(C)C)CC4)nn32)c1=N. The summed E-state index contributed by atoms with van der Waals surface area (Å²) in [6.45, 7) is 19.6. The number of piperazine rings is 1. The van der Waals surface area contributed by atoms with E-state index in [2.05, 4.69) is 37.2 Å². The largest absolute Gasteiger partial charge is 0.476 e. The maximum atomic E-state index is 12.6. The van der Waals surface area contributed by atoms with E-state index in [9.17, 15) is 9.59 Å². The van der Waals surface area contributed by atoms with Crippen molar-refractivity contribution in [2.75, 3.05) is 52.4 Å². The fraction of sp³-hybridized carbons (Fsp3) is 0.656. The van der Waals surface area contributed by atoms with Crippen molar-refractivity contribution < 1.29 is 33.3 Å². The van der Waals surface area contributed by atoms with E-state index >= 15 is 0 Å². The third kappa shape index (κ3) is 9.64. The molecule has 50 heavy (non-hydrogen) atoms. The fourth-order valence-electron chi connectivity index (χ4n) is 5.54. The Bertz CT molecular complexity index is 1720. The normalized spacial score (nSPS) is 17.7. The predicted molar refractivity (Wildman–Crippen MR) is 179 cm³/mol. The quantitative estimate of drug-likeness (QED) is 0.196. The molecule has 2 amide bonds. The maximum absolute atomic E-state index is 12.6. The molecule has 18 heteroatoms. The van der Waals surface area contributed by atoms with Crippen molar-refractivity contribution in [1.82, 2.24) is 44.6 Å². The van der Waals surface area contributed by atoms with Gasteiger partial charge in [-0.25, -0.2) is 9.59 Å². The highest BCUT2D eigenvalue weighted by Crippen LogP contribution is 2.20. The summed E-state index contributed by atoms with van der Waals surface area (Å²) in [5.41, 5.74) is -0.487. The third-order valence-corrected chi connectivity index (χ3v) is 7.94. The minimum absolute atomic E-state index is 0.103. The molecule has 0 bridgehead atoms. The van der Waals surface area contributed by atoms with E-state index in [-0.39, 0.29) is 35.3 Å². The summed E-state index contributed by atoms with van der Waals surface area (Å²) in [6, 6.07) is 5.03. The number of hydrogen-bond acceptors (Lipinski definition) is 13. The second-order valence-corrected chi connectivity index (χ2v) is 14.3. The van der Waals surface area contributed by atoms with Gasteiger partial charge in [0, 0.05) is 92.0 Å². The molecule has 0 radical (unpaired) electrons. The number of ether oxygens (including phenoxy) is 4. The van der Waals surface area contributed by atoms with E-state index in [0.717, 1.165) is 37.3 Å². The number of likely N-dealkylation sites (tertiary alicyclic amines) is 1. The summed E-state index contributed by atoms with van der Waals surface area (Å²) in [4.78, 5) is 33.1. The summed E-state index contributed by atoms with van der Waals surface area (Å²) in [7, 11) is 0. The van der Waals surface area contributed by atoms with Crippen molar-refractivity contribution in [3.63, 3.8) is 0 Å². The van der Waals surface area contributed by atoms with Crippen LogP contribution < -0.4 is 19.8 Å². The van der Waals surface area contributed by atoms with Crippen molar-refractivity contribution >= 4 is 24.6 Å². The molecule has 272 valence electrons. The van der Waals surface area contributed by atoms with E-state index in [4.69, 9.17) is 24.4 Å². The molecule has 2 aliphatic heterocycles. The van der Waals surface area contributed by atoms with Crippen LogP contribution >= 0.6 is 0 Å². The van der Waals surface area contributed by atoms with Gasteiger partial charge in [0.15, 0.2) is 0 Å². The van der Waals surface area contributed by atoms with E-state index in [1.807, 2.05) is 41.5 Å². The zero-order valence-corrected chi connectivity index (χ0v) is 29.9. The van der Waals surface area contributed by atoms with Crippen molar-refractivity contribution in [2.24, 2.45) is 5.10 Å². The van der Waals surface area contributed by atoms with Crippen LogP contribution in [-0.2, 0) is 9.47 Å². The Morgan fingerprint density at radius 2 is 1.62 bits per heavy atom. The van der Waals surface area contributed by atoms with Crippen molar-refractivity contribution in [2.45, 2.75) is 84.5 Å². The van der Waals surface area contributed by atoms with Crippen LogP contribution in [0.3, 0.4) is 0 Å². The minimum Gasteiger partial charge on any atom is -0.476 e. The van der Waals surface area contributed by atoms with Gasteiger partial charge in [0.1, 0.15) is 17.3 Å². The number of rotatable bonds is 9. The number of hydrogen-bond donors (Lipinski definition) is 1. The van der Waals surface area contributed by atoms with Crippen LogP contribution in [0.4, 0.5) is 9.59 Å². The van der Waals surface area contributed by atoms with Crippen molar-refractivity contribution in [3.8, 4) is 17.4 Å². The van der Waals surface area contributed by atoms with Crippen LogP contribution in [0.15, 0.2) is 23.3 Å². The summed E-state index contributed by atoms with van der Waals surface area (Å²) in [5, 5.41) is 29.9. The van der Waals surface area contributed by atoms with E-state index < -0.39 is 11.2 Å². The Morgan fingerprint density at radius 1 is 0.940 bits per heavy atom. The lowest BCUT2D eigenvalue weighted by Gasteiger charge is -2.35. The predicted octanol–water partition coefficient (Wildman–Crippen LogP) is 2.03. The molecule has 0 spiro atoms. The van der Waals surface area contributed by atoms with E-state index in [1.165, 1.54) is 9.43 Å². The summed E-state index contributed by atoms with van der Waals surface area (Å²) >= 11 is 0. The van der Waals surface area contributed by atoms with E-state index in [0.29, 0.717) is 57.2 Å². The molecule has 3 aromatic rings. The van der Waals surface area contributed by atoms with Gasteiger partial charge in [-0.05, 0) is 65.6 Å². The zero-order chi connectivity index (χ0) is 36.1. The molecule has 2 fully saturated rings. The first-order chi connectivity index (χ1) is 23.7. The lowest BCUT2D eigenvalue weighted by molar-refractivity contribution is -0.734. The first-order valence-corrected chi connectivity index (χ1v) is 17.0. The Balaban J connectivity index is 1.20. The number of nitrogens with zero attached hydrogens (tertiary/aromatic N) is 11. The van der Waals surface area contributed by atoms with Crippen LogP contribution in [0, 0.1) is 5.41 Å². The smallest absolute Gasteiger partial charge is 0.410 e. The van der Waals surface area contributed by atoms with Gasteiger partial charge in [-0.3, -0.25) is 10.3 Å². The van der Waals surface area contributed by atoms with Gasteiger partial charge in [-0.15, -0.1) is 9.89 Å². The first-order valence-electron chi connectivity index (χ1n) is 17.0. The molecule has 0 saturated carbocycles. The van der Waals surface area contributed by atoms with Crippen LogP contribution in [0.25, 0.3) is 11.3 Å². The molecule has 0 aromatic carbocycles. The number of carbonyl (C=O) groups excluding carboxylic acids is 2. The Labute approximate surface area is 291 Å². The molecule has 1 unspecified atom stereocenters. The van der Waals surface area contributed by atoms with Gasteiger partial charge in [0.05, 0.1) is 11.8 Å². The molecule has 5 rings (SSSR count). The molecule has 2 aliphatic rings. The standard InChI is InChI=1S/C32H49N12O6/c1-31(2,3)49-29(45)40-15-8-10-23(13-16-40)48-26-12-11-25-35-38-43(44(25)37-26)24-22-27(36-42(34-7)28(24)33)47-21-9-14-39-17-19-41(20-18-39)30(46)50-32(4,5)6/h11-12,22-23,33H,7-10,13-21H2,1-6H3/q+1. The highest BCUT2D eigenvalue weighted by atomic mass is 16.6. The van der Waals surface area contributed by atoms with Gasteiger partial charge in [0.25, 0.3) is 0 Å². The molecule has 0 aliphatic carbocycles. The van der Waals surface area contributed by atoms with Crippen molar-refractivity contribution in [1.29, 1.82) is 5.41 Å². The van der Waals surface area contributed by atoms with Gasteiger partial charge in [0.2, 0.25) is 17.1 Å². The molecule has 3 aromatic heterocycles. The van der Waals surface area contributed by atoms with Gasteiger partial charge in [-0.1, -0.05) is 0 Å². The minimum atomic E-state index is -0.558. The monoisotopic (exact) mass is 697 g/mol. The number of fused-ring (bicyclic) bond motifs is 1. The average Bonchev–Trinajstić information content (AvgIpc) is 3.31. The van der Waals surface area contributed by atoms with E-state index in [1.54, 1.807) is 28.0 Å². The van der Waals surface area contributed by atoms with Gasteiger partial charge in [-0.2, -0.15) is 5.10 Å². The second-order valence-electron chi connectivity index (χ2n) is 14.3. The highest BCUT2D eigenvalue weighted by Gasteiger charge is 2.28. The van der Waals surface area contributed by atoms with Gasteiger partial charge >= 0.3 is 23.7 Å². The number of amides is 2. The average molecular weight is 698 g/mol. The molecule has 5 heterocycles. The molecular weight excluding hydrogens is 648 g/mol. The van der Waals surface area contributed by atoms with Crippen LogP contribution in [0.5, 0.6) is 11.8 Å². The summed E-state index contributed by atoms with van der Waals surface area (Å²) in [6.07, 6.45) is 2.08. The Hall–Kier alpha value is -4.87. The number of tetrazole rings is 1. The van der Waals surface area contributed by atoms with Crippen LogP contribution in [0.1, 0.15) is 67.2 Å². The maximum Gasteiger partial charge on any atom is 0.410 e. The highest BCUT2D eigenvalue weighted by molar-refractivity contribution is 5.68. The Morgan fingerprint density at radius 3 is 2.28 bits per heavy atom. The zero-order valence-electron chi connectivity index (χ0n) is 29.9. The third-order valence-electron chi connectivity index (χ3n) is 7.94. The topological polar surface area (TPSA) is 182 Å². The number of aromatic nitrogens is 7. The molecule has 1 N–H and O–H groups in total. The summed E-state index contributed by atoms with van der Waals surface area (Å²) < 4.78 is 24.7. The molecule has 2 saturated heterocycles. The molecular formula is C32H49N12O6+. The molecule has 18 nitrogen and oxygen atoms in total. The van der Waals surface area contributed by atoms with Crippen molar-refractivity contribution in [3.05, 3.63) is 23.7 Å². The summed E-state index contributed by atoms with van der Waals surface area (Å²) in [5.74, 6) is 0.572. The Kier molecular flexibility index (Phi) is 11.2. The van der Waals surface area contributed by atoms with Crippen LogP contribution in [0.2, 0.25) is 0 Å². The van der Waals surface area contributed by atoms with Gasteiger partial charge < -0.3 is 28.7 Å². The first kappa shape index (κ1) is 36.4.